The van der Waals surface area contributed by atoms with Gasteiger partial charge in [0.15, 0.2) is 0 Å². The van der Waals surface area contributed by atoms with Crippen LogP contribution in [0.15, 0.2) is 87.2 Å². The number of aromatic nitrogens is 2. The van der Waals surface area contributed by atoms with Crippen molar-refractivity contribution in [2.75, 3.05) is 5.43 Å². The fourth-order valence-corrected chi connectivity index (χ4v) is 3.50. The summed E-state index contributed by atoms with van der Waals surface area (Å²) in [4.78, 5) is 19.2. The van der Waals surface area contributed by atoms with Crippen molar-refractivity contribution in [3.63, 3.8) is 0 Å². The van der Waals surface area contributed by atoms with Crippen molar-refractivity contribution >= 4 is 28.1 Å². The van der Waals surface area contributed by atoms with Crippen molar-refractivity contribution in [1.82, 2.24) is 9.97 Å². The lowest BCUT2D eigenvalue weighted by molar-refractivity contribution is 0.299. The summed E-state index contributed by atoms with van der Waals surface area (Å²) in [5.41, 5.74) is 3.94. The number of hydrazone groups is 1. The number of nitrogens with one attached hydrogen (secondary N) is 2. The largest absolute Gasteiger partial charge is 0.488 e. The fourth-order valence-electron chi connectivity index (χ4n) is 3.12. The Morgan fingerprint density at radius 3 is 2.68 bits per heavy atom. The van der Waals surface area contributed by atoms with Crippen LogP contribution in [0.4, 0.5) is 10.3 Å². The quantitative estimate of drug-likeness (QED) is 0.258. The molecular weight excluding hydrogens is 501 g/mol. The molecule has 2 N–H and O–H groups in total. The number of aromatic amines is 1. The van der Waals surface area contributed by atoms with Gasteiger partial charge < -0.3 is 4.74 Å². The first-order valence-electron chi connectivity index (χ1n) is 10.1. The molecule has 1 aromatic heterocycles. The van der Waals surface area contributed by atoms with Gasteiger partial charge in [-0.15, -0.1) is 0 Å². The summed E-state index contributed by atoms with van der Waals surface area (Å²) in [7, 11) is 0. The second kappa shape index (κ2) is 10.6. The summed E-state index contributed by atoms with van der Waals surface area (Å²) >= 11 is 3.41. The molecule has 0 atom stereocenters. The third-order valence-corrected chi connectivity index (χ3v) is 5.26. The lowest BCUT2D eigenvalue weighted by Gasteiger charge is -2.10. The van der Waals surface area contributed by atoms with E-state index in [1.54, 1.807) is 60.7 Å². The first kappa shape index (κ1) is 22.9. The second-order valence-corrected chi connectivity index (χ2v) is 7.96. The van der Waals surface area contributed by atoms with Crippen LogP contribution in [0.2, 0.25) is 0 Å². The van der Waals surface area contributed by atoms with E-state index >= 15 is 0 Å². The molecule has 0 saturated carbocycles. The van der Waals surface area contributed by atoms with Gasteiger partial charge >= 0.3 is 0 Å². The molecule has 4 rings (SSSR count). The third-order valence-electron chi connectivity index (χ3n) is 4.77. The molecule has 0 radical (unpaired) electrons. The van der Waals surface area contributed by atoms with Gasteiger partial charge in [0.25, 0.3) is 5.56 Å². The Morgan fingerprint density at radius 2 is 1.91 bits per heavy atom. The van der Waals surface area contributed by atoms with Gasteiger partial charge in [-0.2, -0.15) is 10.4 Å². The maximum absolute atomic E-state index is 13.9. The monoisotopic (exact) mass is 517 g/mol. The highest BCUT2D eigenvalue weighted by Crippen LogP contribution is 2.24. The van der Waals surface area contributed by atoms with Crippen molar-refractivity contribution < 1.29 is 9.13 Å². The zero-order valence-electron chi connectivity index (χ0n) is 17.6. The topological polar surface area (TPSA) is 103 Å². The highest BCUT2D eigenvalue weighted by molar-refractivity contribution is 9.10. The van der Waals surface area contributed by atoms with Gasteiger partial charge in [0, 0.05) is 21.2 Å². The molecule has 0 unspecified atom stereocenters. The molecule has 0 saturated heterocycles. The molecule has 1 heterocycles. The average Bonchev–Trinajstić information content (AvgIpc) is 2.84. The molecule has 4 aromatic rings. The first-order valence-corrected chi connectivity index (χ1v) is 10.9. The maximum atomic E-state index is 13.9. The van der Waals surface area contributed by atoms with Gasteiger partial charge in [0.1, 0.15) is 29.8 Å². The van der Waals surface area contributed by atoms with Gasteiger partial charge in [-0.3, -0.25) is 9.78 Å². The van der Waals surface area contributed by atoms with Crippen molar-refractivity contribution in [2.45, 2.75) is 6.61 Å². The highest BCUT2D eigenvalue weighted by atomic mass is 79.9. The number of ether oxygens (including phenoxy) is 1. The standard InChI is InChI=1S/C25H17BrFN5O2/c26-19-10-11-22(34-15-17-8-4-5-9-21(17)27)18(12-19)14-29-32-25-30-23(16-6-2-1-3-7-16)20(13-28)24(33)31-25/h1-12,14H,15H2,(H2,30,31,32,33). The first-order chi connectivity index (χ1) is 16.5. The number of benzene rings is 3. The Bertz CT molecular complexity index is 1450. The Kier molecular flexibility index (Phi) is 7.10. The number of halogens is 2. The van der Waals surface area contributed by atoms with E-state index in [-0.39, 0.29) is 29.6 Å². The molecule has 34 heavy (non-hydrogen) atoms. The molecule has 7 nitrogen and oxygen atoms in total. The van der Waals surface area contributed by atoms with E-state index in [1.165, 1.54) is 12.3 Å². The average molecular weight is 518 g/mol. The molecule has 3 aromatic carbocycles. The van der Waals surface area contributed by atoms with Crippen LogP contribution >= 0.6 is 15.9 Å². The predicted molar refractivity (Wildman–Crippen MR) is 131 cm³/mol. The SMILES string of the molecule is N#Cc1c(-c2ccccc2)nc(NN=Cc2cc(Br)ccc2OCc2ccccc2F)[nH]c1=O. The number of H-pyrrole nitrogens is 1. The molecule has 9 heteroatoms. The maximum Gasteiger partial charge on any atom is 0.270 e. The highest BCUT2D eigenvalue weighted by Gasteiger charge is 2.13. The zero-order chi connectivity index (χ0) is 23.9. The molecule has 0 aliphatic carbocycles. The summed E-state index contributed by atoms with van der Waals surface area (Å²) in [6, 6.07) is 22.5. The predicted octanol–water partition coefficient (Wildman–Crippen LogP) is 5.24. The smallest absolute Gasteiger partial charge is 0.270 e. The van der Waals surface area contributed by atoms with E-state index in [4.69, 9.17) is 4.74 Å². The van der Waals surface area contributed by atoms with Crippen LogP contribution in [0.25, 0.3) is 11.3 Å². The van der Waals surface area contributed by atoms with Crippen LogP contribution in [0.5, 0.6) is 5.75 Å². The fraction of sp³-hybridized carbons (Fsp3) is 0.0400. The zero-order valence-corrected chi connectivity index (χ0v) is 19.2. The Hall–Kier alpha value is -4.29. The minimum Gasteiger partial charge on any atom is -0.488 e. The molecular formula is C25H17BrFN5O2. The molecule has 0 fully saturated rings. The number of anilines is 1. The van der Waals surface area contributed by atoms with Gasteiger partial charge in [0.05, 0.1) is 11.9 Å². The van der Waals surface area contributed by atoms with Crippen molar-refractivity contribution in [2.24, 2.45) is 5.10 Å². The van der Waals surface area contributed by atoms with Crippen LogP contribution in [-0.2, 0) is 6.61 Å². The molecule has 0 bridgehead atoms. The molecule has 0 amide bonds. The van der Waals surface area contributed by atoms with E-state index in [9.17, 15) is 14.4 Å². The number of hydrogen-bond donors (Lipinski definition) is 2. The summed E-state index contributed by atoms with van der Waals surface area (Å²) in [6.07, 6.45) is 1.49. The molecule has 168 valence electrons. The van der Waals surface area contributed by atoms with Crippen molar-refractivity contribution in [3.8, 4) is 23.1 Å². The van der Waals surface area contributed by atoms with Crippen molar-refractivity contribution in [3.05, 3.63) is 110 Å². The van der Waals surface area contributed by atoms with E-state index < -0.39 is 5.56 Å². The number of nitriles is 1. The van der Waals surface area contributed by atoms with Gasteiger partial charge in [0.2, 0.25) is 5.95 Å². The minimum atomic E-state index is -0.578. The van der Waals surface area contributed by atoms with Crippen LogP contribution in [0, 0.1) is 17.1 Å². The summed E-state index contributed by atoms with van der Waals surface area (Å²) in [5.74, 6) is 0.216. The lowest BCUT2D eigenvalue weighted by Crippen LogP contribution is -2.16. The van der Waals surface area contributed by atoms with Gasteiger partial charge in [-0.1, -0.05) is 64.5 Å². The van der Waals surface area contributed by atoms with Crippen LogP contribution in [0.1, 0.15) is 16.7 Å². The van der Waals surface area contributed by atoms with Crippen LogP contribution < -0.4 is 15.7 Å². The van der Waals surface area contributed by atoms with Gasteiger partial charge in [-0.25, -0.2) is 14.8 Å². The Balaban J connectivity index is 1.56. The van der Waals surface area contributed by atoms with E-state index in [0.717, 1.165) is 4.47 Å². The third kappa shape index (κ3) is 5.36. The number of hydrogen-bond acceptors (Lipinski definition) is 6. The van der Waals surface area contributed by atoms with E-state index in [0.29, 0.717) is 22.4 Å². The summed E-state index contributed by atoms with van der Waals surface area (Å²) in [5, 5.41) is 13.5. The van der Waals surface area contributed by atoms with E-state index in [2.05, 4.69) is 36.4 Å². The lowest BCUT2D eigenvalue weighted by atomic mass is 10.1. The van der Waals surface area contributed by atoms with E-state index in [1.807, 2.05) is 12.1 Å². The Morgan fingerprint density at radius 1 is 1.15 bits per heavy atom. The molecule has 0 aliphatic heterocycles. The second-order valence-electron chi connectivity index (χ2n) is 7.05. The normalized spacial score (nSPS) is 10.7. The van der Waals surface area contributed by atoms with Crippen molar-refractivity contribution in [1.29, 1.82) is 5.26 Å². The summed E-state index contributed by atoms with van der Waals surface area (Å²) < 4.78 is 20.5. The molecule has 0 spiro atoms. The van der Waals surface area contributed by atoms with Gasteiger partial charge in [-0.05, 0) is 24.3 Å². The number of rotatable bonds is 7. The minimum absolute atomic E-state index is 0.0491. The number of nitrogens with zero attached hydrogens (tertiary/aromatic N) is 3. The molecule has 0 aliphatic rings. The summed E-state index contributed by atoms with van der Waals surface area (Å²) in [6.45, 7) is 0.0491. The van der Waals surface area contributed by atoms with Crippen LogP contribution in [-0.4, -0.2) is 16.2 Å². The Labute approximate surface area is 202 Å². The van der Waals surface area contributed by atoms with Crippen LogP contribution in [0.3, 0.4) is 0 Å².